The largest absolute Gasteiger partial charge is 0.388 e. The normalized spacial score (nSPS) is 21.8. The summed E-state index contributed by atoms with van der Waals surface area (Å²) in [6.07, 6.45) is 0.384. The number of fused-ring (bicyclic) bond motifs is 3. The predicted molar refractivity (Wildman–Crippen MR) is 71.6 cm³/mol. The van der Waals surface area contributed by atoms with Crippen LogP contribution in [0.1, 0.15) is 37.5 Å². The maximum atomic E-state index is 10.1. The molecule has 0 saturated heterocycles. The second kappa shape index (κ2) is 3.47. The van der Waals surface area contributed by atoms with Crippen LogP contribution in [0.4, 0.5) is 0 Å². The van der Waals surface area contributed by atoms with Crippen LogP contribution in [-0.2, 0) is 5.41 Å². The van der Waals surface area contributed by atoms with Gasteiger partial charge in [-0.15, -0.1) is 0 Å². The third-order valence-electron chi connectivity index (χ3n) is 3.76. The Balaban J connectivity index is 2.47. The quantitative estimate of drug-likeness (QED) is 0.738. The summed E-state index contributed by atoms with van der Waals surface area (Å²) in [5.41, 5.74) is 2.27. The molecule has 1 aliphatic carbocycles. The van der Waals surface area contributed by atoms with Gasteiger partial charge in [-0.2, -0.15) is 0 Å². The Bertz CT molecular complexity index is 601. The zero-order valence-corrected chi connectivity index (χ0v) is 10.8. The molecular weight excluding hydrogens is 232 g/mol. The van der Waals surface area contributed by atoms with Crippen LogP contribution in [-0.4, -0.2) is 5.11 Å². The van der Waals surface area contributed by atoms with E-state index in [1.54, 1.807) is 0 Å². The maximum Gasteiger partial charge on any atom is 0.0802 e. The van der Waals surface area contributed by atoms with Crippen LogP contribution in [0.3, 0.4) is 0 Å². The van der Waals surface area contributed by atoms with E-state index in [9.17, 15) is 5.11 Å². The van der Waals surface area contributed by atoms with Gasteiger partial charge in [-0.05, 0) is 34.4 Å². The lowest BCUT2D eigenvalue weighted by Crippen LogP contribution is -2.12. The Morgan fingerprint density at radius 1 is 1.24 bits per heavy atom. The van der Waals surface area contributed by atoms with Gasteiger partial charge in [0.25, 0.3) is 0 Å². The number of halogens is 1. The van der Waals surface area contributed by atoms with E-state index >= 15 is 0 Å². The first-order chi connectivity index (χ1) is 8.00. The first-order valence-corrected chi connectivity index (χ1v) is 6.28. The van der Waals surface area contributed by atoms with Crippen molar-refractivity contribution in [3.8, 4) is 0 Å². The molecular formula is C15H15ClO. The predicted octanol–water partition coefficient (Wildman–Crippen LogP) is 4.21. The molecule has 0 aromatic heterocycles. The van der Waals surface area contributed by atoms with E-state index in [0.29, 0.717) is 0 Å². The third-order valence-corrected chi connectivity index (χ3v) is 4.08. The summed E-state index contributed by atoms with van der Waals surface area (Å²) in [6.45, 7) is 4.37. The Morgan fingerprint density at radius 3 is 2.59 bits per heavy atom. The topological polar surface area (TPSA) is 20.2 Å². The lowest BCUT2D eigenvalue weighted by Gasteiger charge is -2.21. The molecule has 88 valence electrons. The number of benzene rings is 2. The number of aliphatic hydroxyl groups excluding tert-OH is 1. The Hall–Kier alpha value is -1.05. The lowest BCUT2D eigenvalue weighted by molar-refractivity contribution is 0.161. The molecule has 1 aliphatic rings. The lowest BCUT2D eigenvalue weighted by atomic mass is 9.83. The highest BCUT2D eigenvalue weighted by molar-refractivity contribution is 6.35. The van der Waals surface area contributed by atoms with Crippen LogP contribution in [0.15, 0.2) is 30.3 Å². The summed E-state index contributed by atoms with van der Waals surface area (Å²) in [6, 6.07) is 10.1. The molecule has 0 saturated carbocycles. The molecule has 0 spiro atoms. The molecule has 0 heterocycles. The van der Waals surface area contributed by atoms with Gasteiger partial charge in [0, 0.05) is 10.4 Å². The van der Waals surface area contributed by atoms with Gasteiger partial charge in [-0.3, -0.25) is 0 Å². The Kier molecular flexibility index (Phi) is 2.26. The number of hydrogen-bond acceptors (Lipinski definition) is 1. The van der Waals surface area contributed by atoms with Gasteiger partial charge in [-0.25, -0.2) is 0 Å². The fourth-order valence-corrected chi connectivity index (χ4v) is 3.35. The van der Waals surface area contributed by atoms with Crippen LogP contribution in [0.25, 0.3) is 10.8 Å². The van der Waals surface area contributed by atoms with E-state index in [0.717, 1.165) is 22.4 Å². The zero-order valence-electron chi connectivity index (χ0n) is 10.00. The minimum Gasteiger partial charge on any atom is -0.388 e. The Morgan fingerprint density at radius 2 is 1.88 bits per heavy atom. The highest BCUT2D eigenvalue weighted by Gasteiger charge is 2.37. The second-order valence-electron chi connectivity index (χ2n) is 5.47. The van der Waals surface area contributed by atoms with Gasteiger partial charge < -0.3 is 5.11 Å². The van der Waals surface area contributed by atoms with Crippen LogP contribution in [0.5, 0.6) is 0 Å². The van der Waals surface area contributed by atoms with Crippen molar-refractivity contribution in [2.24, 2.45) is 0 Å². The molecule has 0 bridgehead atoms. The fourth-order valence-electron chi connectivity index (χ4n) is 3.06. The molecule has 1 nitrogen and oxygen atoms in total. The molecule has 0 amide bonds. The molecule has 2 aromatic carbocycles. The summed E-state index contributed by atoms with van der Waals surface area (Å²) in [5, 5.41) is 13.1. The molecule has 2 aromatic rings. The Labute approximate surface area is 106 Å². The van der Waals surface area contributed by atoms with Crippen molar-refractivity contribution in [1.82, 2.24) is 0 Å². The van der Waals surface area contributed by atoms with Gasteiger partial charge in [-0.1, -0.05) is 49.7 Å². The summed E-state index contributed by atoms with van der Waals surface area (Å²) in [5.74, 6) is 0. The van der Waals surface area contributed by atoms with Crippen molar-refractivity contribution in [2.45, 2.75) is 31.8 Å². The average Bonchev–Trinajstić information content (AvgIpc) is 2.49. The third kappa shape index (κ3) is 1.50. The standard InChI is InChI=1S/C15H15ClO/c1-15(2)8-13(17)11-7-12(16)9-5-3-4-6-10(9)14(11)15/h3-7,13,17H,8H2,1-2H3/t13-/m0/s1. The van der Waals surface area contributed by atoms with Crippen molar-refractivity contribution in [3.63, 3.8) is 0 Å². The van der Waals surface area contributed by atoms with Gasteiger partial charge in [0.15, 0.2) is 0 Å². The van der Waals surface area contributed by atoms with Crippen molar-refractivity contribution in [2.75, 3.05) is 0 Å². The maximum absolute atomic E-state index is 10.1. The van der Waals surface area contributed by atoms with E-state index in [4.69, 9.17) is 11.6 Å². The molecule has 17 heavy (non-hydrogen) atoms. The molecule has 1 atom stereocenters. The highest BCUT2D eigenvalue weighted by atomic mass is 35.5. The number of hydrogen-bond donors (Lipinski definition) is 1. The second-order valence-corrected chi connectivity index (χ2v) is 5.88. The summed E-state index contributed by atoms with van der Waals surface area (Å²) in [7, 11) is 0. The highest BCUT2D eigenvalue weighted by Crippen LogP contribution is 2.49. The number of aliphatic hydroxyl groups is 1. The van der Waals surface area contributed by atoms with Gasteiger partial charge in [0.1, 0.15) is 0 Å². The molecule has 0 aliphatic heterocycles. The summed E-state index contributed by atoms with van der Waals surface area (Å²) in [4.78, 5) is 0. The monoisotopic (exact) mass is 246 g/mol. The van der Waals surface area contributed by atoms with E-state index in [2.05, 4.69) is 19.9 Å². The van der Waals surface area contributed by atoms with Crippen molar-refractivity contribution < 1.29 is 5.11 Å². The molecule has 2 heteroatoms. The fraction of sp³-hybridized carbons (Fsp3) is 0.333. The molecule has 3 rings (SSSR count). The number of rotatable bonds is 0. The van der Waals surface area contributed by atoms with Gasteiger partial charge in [0.2, 0.25) is 0 Å². The van der Waals surface area contributed by atoms with Crippen molar-refractivity contribution in [1.29, 1.82) is 0 Å². The van der Waals surface area contributed by atoms with Crippen LogP contribution < -0.4 is 0 Å². The minimum atomic E-state index is -0.387. The van der Waals surface area contributed by atoms with E-state index in [1.165, 1.54) is 10.9 Å². The summed E-state index contributed by atoms with van der Waals surface area (Å²) >= 11 is 6.29. The minimum absolute atomic E-state index is 0.0128. The van der Waals surface area contributed by atoms with Gasteiger partial charge >= 0.3 is 0 Å². The molecule has 0 fully saturated rings. The molecule has 0 radical (unpaired) electrons. The van der Waals surface area contributed by atoms with Crippen LogP contribution >= 0.6 is 11.6 Å². The smallest absolute Gasteiger partial charge is 0.0802 e. The summed E-state index contributed by atoms with van der Waals surface area (Å²) < 4.78 is 0. The zero-order chi connectivity index (χ0) is 12.2. The van der Waals surface area contributed by atoms with Crippen molar-refractivity contribution in [3.05, 3.63) is 46.5 Å². The molecule has 1 N–H and O–H groups in total. The van der Waals surface area contributed by atoms with Crippen molar-refractivity contribution >= 4 is 22.4 Å². The average molecular weight is 247 g/mol. The van der Waals surface area contributed by atoms with E-state index < -0.39 is 0 Å². The van der Waals surface area contributed by atoms with E-state index in [1.807, 2.05) is 24.3 Å². The van der Waals surface area contributed by atoms with Crippen LogP contribution in [0, 0.1) is 0 Å². The molecule has 0 unspecified atom stereocenters. The first kappa shape index (κ1) is 11.1. The van der Waals surface area contributed by atoms with Gasteiger partial charge in [0.05, 0.1) is 6.10 Å². The SMILES string of the molecule is CC1(C)C[C@H](O)c2cc(Cl)c3ccccc3c21. The van der Waals surface area contributed by atoms with Crippen LogP contribution in [0.2, 0.25) is 5.02 Å². The van der Waals surface area contributed by atoms with E-state index in [-0.39, 0.29) is 11.5 Å². The first-order valence-electron chi connectivity index (χ1n) is 5.90.